The molecule has 0 aliphatic carbocycles. The van der Waals surface area contributed by atoms with Crippen molar-refractivity contribution in [2.45, 2.75) is 23.2 Å². The largest absolute Gasteiger partial charge is 0.310 e. The van der Waals surface area contributed by atoms with E-state index in [0.717, 1.165) is 6.26 Å². The Kier molecular flexibility index (Phi) is 5.15. The second kappa shape index (κ2) is 7.06. The van der Waals surface area contributed by atoms with Crippen molar-refractivity contribution < 1.29 is 25.8 Å². The third-order valence-electron chi connectivity index (χ3n) is 3.75. The summed E-state index contributed by atoms with van der Waals surface area (Å²) in [6, 6.07) is 5.90. The van der Waals surface area contributed by atoms with Crippen LogP contribution in [0.5, 0.6) is 0 Å². The van der Waals surface area contributed by atoms with Crippen LogP contribution in [0.4, 0.5) is 5.69 Å². The van der Waals surface area contributed by atoms with Crippen molar-refractivity contribution in [1.29, 1.82) is 0 Å². The van der Waals surface area contributed by atoms with E-state index in [-0.39, 0.29) is 17.1 Å². The zero-order valence-corrected chi connectivity index (χ0v) is 16.2. The topological polar surface area (TPSA) is 111 Å². The molecule has 2 heterocycles. The van der Waals surface area contributed by atoms with E-state index in [1.165, 1.54) is 40.5 Å². The van der Waals surface area contributed by atoms with E-state index in [4.69, 9.17) is 4.18 Å². The Morgan fingerprint density at radius 3 is 2.50 bits per heavy atom. The fourth-order valence-corrected chi connectivity index (χ4v) is 5.47. The molecule has 8 nitrogen and oxygen atoms in total. The number of hydrogen-bond donors (Lipinski definition) is 0. The lowest BCUT2D eigenvalue weighted by Crippen LogP contribution is -2.31. The molecule has 0 spiro atoms. The third kappa shape index (κ3) is 4.29. The normalized spacial score (nSPS) is 18.4. The molecule has 1 aromatic carbocycles. The number of sulfone groups is 1. The molecular weight excluding hydrogens is 400 g/mol. The van der Waals surface area contributed by atoms with Crippen LogP contribution in [0.1, 0.15) is 11.4 Å². The van der Waals surface area contributed by atoms with Crippen molar-refractivity contribution in [2.75, 3.05) is 17.7 Å². The van der Waals surface area contributed by atoms with Gasteiger partial charge in [0.25, 0.3) is 16.0 Å². The molecule has 0 N–H and O–H groups in total. The van der Waals surface area contributed by atoms with Gasteiger partial charge < -0.3 is 4.90 Å². The van der Waals surface area contributed by atoms with Gasteiger partial charge in [-0.25, -0.2) is 13.4 Å². The zero-order valence-electron chi connectivity index (χ0n) is 13.7. The van der Waals surface area contributed by atoms with Gasteiger partial charge in [-0.15, -0.1) is 11.3 Å². The number of rotatable bonds is 6. The molecule has 1 aliphatic rings. The van der Waals surface area contributed by atoms with E-state index >= 15 is 0 Å². The van der Waals surface area contributed by atoms with Crippen LogP contribution in [-0.4, -0.2) is 46.6 Å². The first-order chi connectivity index (χ1) is 12.2. The van der Waals surface area contributed by atoms with Gasteiger partial charge in [-0.05, 0) is 24.3 Å². The number of carbonyl (C=O) groups is 1. The van der Waals surface area contributed by atoms with E-state index in [0.29, 0.717) is 17.2 Å². The molecule has 26 heavy (non-hydrogen) atoms. The van der Waals surface area contributed by atoms with Crippen LogP contribution >= 0.6 is 11.3 Å². The average molecular weight is 417 g/mol. The van der Waals surface area contributed by atoms with Crippen LogP contribution in [0.2, 0.25) is 0 Å². The molecule has 140 valence electrons. The van der Waals surface area contributed by atoms with Gasteiger partial charge in [-0.2, -0.15) is 8.42 Å². The van der Waals surface area contributed by atoms with Crippen molar-refractivity contribution in [2.24, 2.45) is 0 Å². The van der Waals surface area contributed by atoms with Crippen molar-refractivity contribution >= 4 is 42.9 Å². The van der Waals surface area contributed by atoms with Crippen LogP contribution in [0.3, 0.4) is 0 Å². The molecule has 1 amide bonds. The van der Waals surface area contributed by atoms with Crippen LogP contribution in [0, 0.1) is 0 Å². The molecule has 1 fully saturated rings. The first-order valence-corrected chi connectivity index (χ1v) is 11.9. The van der Waals surface area contributed by atoms with Gasteiger partial charge in [0, 0.05) is 30.2 Å². The minimum absolute atomic E-state index is 0.132. The van der Waals surface area contributed by atoms with E-state index in [9.17, 15) is 21.6 Å². The van der Waals surface area contributed by atoms with Gasteiger partial charge in [0.05, 0.1) is 11.2 Å². The number of thiazole rings is 1. The highest BCUT2D eigenvalue weighted by Gasteiger charge is 2.35. The maximum absolute atomic E-state index is 12.4. The summed E-state index contributed by atoms with van der Waals surface area (Å²) in [5, 5.41) is 2.21. The lowest BCUT2D eigenvalue weighted by molar-refractivity contribution is -0.122. The summed E-state index contributed by atoms with van der Waals surface area (Å²) in [7, 11) is -7.26. The quantitative estimate of drug-likeness (QED) is 0.651. The molecule has 0 bridgehead atoms. The van der Waals surface area contributed by atoms with Crippen LogP contribution in [0.15, 0.2) is 40.7 Å². The summed E-state index contributed by atoms with van der Waals surface area (Å²) >= 11 is 1.27. The predicted molar refractivity (Wildman–Crippen MR) is 96.1 cm³/mol. The van der Waals surface area contributed by atoms with Gasteiger partial charge in [0.15, 0.2) is 15.9 Å². The summed E-state index contributed by atoms with van der Waals surface area (Å²) in [6.07, 6.45) is 1.64. The van der Waals surface area contributed by atoms with Crippen LogP contribution in [0.25, 0.3) is 0 Å². The van der Waals surface area contributed by atoms with Crippen LogP contribution < -0.4 is 4.90 Å². The Balaban J connectivity index is 1.75. The summed E-state index contributed by atoms with van der Waals surface area (Å²) in [6.45, 7) is 0.296. The number of aromatic nitrogens is 1. The van der Waals surface area contributed by atoms with Crippen molar-refractivity contribution in [1.82, 2.24) is 4.98 Å². The Bertz CT molecular complexity index is 998. The first-order valence-electron chi connectivity index (χ1n) is 7.56. The van der Waals surface area contributed by atoms with Gasteiger partial charge >= 0.3 is 0 Å². The standard InChI is InChI=1S/C15H16N2O6S3/c1-25(19,20)23-13-6-8-17(15(13)18)11-2-4-12(5-3-11)26(21,22)10-14-16-7-9-24-14/h2-5,7,9,13H,6,8,10H2,1H3. The lowest BCUT2D eigenvalue weighted by atomic mass is 10.3. The van der Waals surface area contributed by atoms with E-state index in [1.54, 1.807) is 11.6 Å². The fourth-order valence-electron chi connectivity index (χ4n) is 2.61. The van der Waals surface area contributed by atoms with E-state index < -0.39 is 32.0 Å². The van der Waals surface area contributed by atoms with Crippen molar-refractivity contribution in [3.05, 3.63) is 40.8 Å². The minimum atomic E-state index is -3.73. The molecule has 0 radical (unpaired) electrons. The van der Waals surface area contributed by atoms with Crippen molar-refractivity contribution in [3.63, 3.8) is 0 Å². The smallest absolute Gasteiger partial charge is 0.265 e. The predicted octanol–water partition coefficient (Wildman–Crippen LogP) is 1.20. The molecular formula is C15H16N2O6S3. The Morgan fingerprint density at radius 1 is 1.23 bits per heavy atom. The monoisotopic (exact) mass is 416 g/mol. The average Bonchev–Trinajstić information content (AvgIpc) is 3.17. The number of anilines is 1. The molecule has 1 aliphatic heterocycles. The number of hydrogen-bond acceptors (Lipinski definition) is 8. The molecule has 11 heteroatoms. The van der Waals surface area contributed by atoms with Gasteiger partial charge in [-0.3, -0.25) is 8.98 Å². The number of amides is 1. The van der Waals surface area contributed by atoms with Gasteiger partial charge in [0.2, 0.25) is 0 Å². The highest BCUT2D eigenvalue weighted by Crippen LogP contribution is 2.26. The number of carbonyl (C=O) groups excluding carboxylic acids is 1. The summed E-state index contributed by atoms with van der Waals surface area (Å²) < 4.78 is 52.0. The lowest BCUT2D eigenvalue weighted by Gasteiger charge is -2.17. The number of benzene rings is 1. The molecule has 1 atom stereocenters. The molecule has 3 rings (SSSR count). The van der Waals surface area contributed by atoms with E-state index in [1.807, 2.05) is 0 Å². The third-order valence-corrected chi connectivity index (χ3v) is 6.94. The number of nitrogens with zero attached hydrogens (tertiary/aromatic N) is 2. The summed E-state index contributed by atoms with van der Waals surface area (Å²) in [5.74, 6) is -0.648. The Morgan fingerprint density at radius 2 is 1.92 bits per heavy atom. The molecule has 1 saturated heterocycles. The summed E-state index contributed by atoms with van der Waals surface area (Å²) in [5.41, 5.74) is 0.489. The second-order valence-corrected chi connectivity index (χ2v) is 10.3. The highest BCUT2D eigenvalue weighted by atomic mass is 32.2. The SMILES string of the molecule is CS(=O)(=O)OC1CCN(c2ccc(S(=O)(=O)Cc3nccs3)cc2)C1=O. The second-order valence-electron chi connectivity index (χ2n) is 5.75. The fraction of sp³-hybridized carbons (Fsp3) is 0.333. The maximum Gasteiger partial charge on any atom is 0.265 e. The molecule has 1 aromatic heterocycles. The zero-order chi connectivity index (χ0) is 18.9. The van der Waals surface area contributed by atoms with E-state index in [2.05, 4.69) is 4.98 Å². The van der Waals surface area contributed by atoms with Gasteiger partial charge in [0.1, 0.15) is 10.8 Å². The van der Waals surface area contributed by atoms with Crippen LogP contribution in [-0.2, 0) is 34.7 Å². The minimum Gasteiger partial charge on any atom is -0.310 e. The molecule has 1 unspecified atom stereocenters. The van der Waals surface area contributed by atoms with Gasteiger partial charge in [-0.1, -0.05) is 0 Å². The maximum atomic E-state index is 12.4. The molecule has 0 saturated carbocycles. The highest BCUT2D eigenvalue weighted by molar-refractivity contribution is 7.90. The Hall–Kier alpha value is -1.82. The molecule has 2 aromatic rings. The Labute approximate surface area is 155 Å². The summed E-state index contributed by atoms with van der Waals surface area (Å²) in [4.78, 5) is 17.8. The first kappa shape index (κ1) is 19.0. The van der Waals surface area contributed by atoms with Crippen molar-refractivity contribution in [3.8, 4) is 0 Å².